The van der Waals surface area contributed by atoms with E-state index in [1.807, 2.05) is 38.1 Å². The molecule has 0 aromatic heterocycles. The number of benzene rings is 2. The molecule has 0 saturated carbocycles. The molecule has 0 amide bonds. The van der Waals surface area contributed by atoms with Gasteiger partial charge >= 0.3 is 0 Å². The molecule has 0 unspecified atom stereocenters. The average Bonchev–Trinajstić information content (AvgIpc) is 2.45. The Balaban J connectivity index is 2.27. The van der Waals surface area contributed by atoms with Gasteiger partial charge < -0.3 is 0 Å². The van der Waals surface area contributed by atoms with Crippen LogP contribution in [-0.2, 0) is 16.0 Å². The number of carbonyl (C=O) groups excluding carboxylic acids is 2. The smallest absolute Gasteiger partial charge is 0.211 e. The van der Waals surface area contributed by atoms with E-state index in [0.717, 1.165) is 28.7 Å². The van der Waals surface area contributed by atoms with E-state index in [1.165, 1.54) is 6.08 Å². The van der Waals surface area contributed by atoms with E-state index in [0.29, 0.717) is 11.4 Å². The van der Waals surface area contributed by atoms with Crippen molar-refractivity contribution < 1.29 is 9.59 Å². The highest BCUT2D eigenvalue weighted by Crippen LogP contribution is 2.26. The second-order valence-corrected chi connectivity index (χ2v) is 4.83. The van der Waals surface area contributed by atoms with Crippen molar-refractivity contribution in [2.45, 2.75) is 20.3 Å². The molecule has 0 fully saturated rings. The maximum atomic E-state index is 10.4. The molecule has 0 aliphatic rings. The molecule has 0 aliphatic heterocycles. The van der Waals surface area contributed by atoms with Crippen molar-refractivity contribution in [2.75, 3.05) is 0 Å². The van der Waals surface area contributed by atoms with Gasteiger partial charge in [-0.15, -0.1) is 0 Å². The molecule has 0 radical (unpaired) electrons. The summed E-state index contributed by atoms with van der Waals surface area (Å²) in [5.41, 5.74) is 5.44. The third-order valence-electron chi connectivity index (χ3n) is 3.23. The predicted octanol–water partition coefficient (Wildman–Crippen LogP) is 3.83. The van der Waals surface area contributed by atoms with Crippen molar-refractivity contribution in [2.24, 2.45) is 9.98 Å². The van der Waals surface area contributed by atoms with E-state index in [2.05, 4.69) is 9.98 Å². The molecule has 2 aromatic rings. The molecule has 0 atom stereocenters. The number of isocyanates is 2. The van der Waals surface area contributed by atoms with Crippen LogP contribution < -0.4 is 0 Å². The summed E-state index contributed by atoms with van der Waals surface area (Å²) < 4.78 is 0. The van der Waals surface area contributed by atoms with E-state index >= 15 is 0 Å². The zero-order chi connectivity index (χ0) is 15.2. The van der Waals surface area contributed by atoms with Crippen molar-refractivity contribution in [3.63, 3.8) is 0 Å². The molecule has 0 spiro atoms. The van der Waals surface area contributed by atoms with Crippen LogP contribution in [-0.4, -0.2) is 12.2 Å². The third kappa shape index (κ3) is 3.61. The monoisotopic (exact) mass is 278 g/mol. The molecule has 0 saturated heterocycles. The largest absolute Gasteiger partial charge is 0.240 e. The fourth-order valence-corrected chi connectivity index (χ4v) is 2.35. The Morgan fingerprint density at radius 3 is 1.95 bits per heavy atom. The third-order valence-corrected chi connectivity index (χ3v) is 3.23. The number of aryl methyl sites for hydroxylation is 2. The van der Waals surface area contributed by atoms with Crippen molar-refractivity contribution in [1.29, 1.82) is 0 Å². The minimum absolute atomic E-state index is 0.594. The molecule has 104 valence electrons. The van der Waals surface area contributed by atoms with Crippen molar-refractivity contribution >= 4 is 23.5 Å². The standard InChI is InChI=1S/C17H14N2O2/c1-12-7-15(8-13(2)17(12)19-11-21)9-14-3-5-16(6-4-14)18-10-20/h3-8H,9H2,1-2H3. The van der Waals surface area contributed by atoms with Gasteiger partial charge in [0.15, 0.2) is 0 Å². The van der Waals surface area contributed by atoms with Gasteiger partial charge in [0, 0.05) is 0 Å². The topological polar surface area (TPSA) is 58.9 Å². The lowest BCUT2D eigenvalue weighted by Gasteiger charge is -2.08. The number of nitrogens with zero attached hydrogens (tertiary/aromatic N) is 2. The molecular weight excluding hydrogens is 264 g/mol. The van der Waals surface area contributed by atoms with Gasteiger partial charge in [0.2, 0.25) is 12.2 Å². The SMILES string of the molecule is Cc1cc(Cc2ccc(N=C=O)cc2)cc(C)c1N=C=O. The highest BCUT2D eigenvalue weighted by Gasteiger charge is 2.05. The van der Waals surface area contributed by atoms with Gasteiger partial charge in [-0.1, -0.05) is 24.3 Å². The second-order valence-electron chi connectivity index (χ2n) is 4.83. The Morgan fingerprint density at radius 1 is 0.857 bits per heavy atom. The quantitative estimate of drug-likeness (QED) is 0.630. The van der Waals surface area contributed by atoms with E-state index in [9.17, 15) is 9.59 Å². The zero-order valence-electron chi connectivity index (χ0n) is 11.9. The minimum atomic E-state index is 0.594. The second kappa shape index (κ2) is 6.58. The van der Waals surface area contributed by atoms with Gasteiger partial charge in [0.1, 0.15) is 0 Å². The highest BCUT2D eigenvalue weighted by atomic mass is 16.1. The summed E-state index contributed by atoms with van der Waals surface area (Å²) >= 11 is 0. The number of hydrogen-bond donors (Lipinski definition) is 0. The van der Waals surface area contributed by atoms with Crippen LogP contribution in [0.25, 0.3) is 0 Å². The summed E-state index contributed by atoms with van der Waals surface area (Å²) in [5.74, 6) is 0. The summed E-state index contributed by atoms with van der Waals surface area (Å²) in [6.07, 6.45) is 3.87. The van der Waals surface area contributed by atoms with Crippen LogP contribution in [0.4, 0.5) is 11.4 Å². The normalized spacial score (nSPS) is 9.62. The predicted molar refractivity (Wildman–Crippen MR) is 80.7 cm³/mol. The Bertz CT molecular complexity index is 728. The molecule has 2 rings (SSSR count). The molecule has 0 aliphatic carbocycles. The van der Waals surface area contributed by atoms with Gasteiger partial charge in [-0.05, 0) is 54.7 Å². The number of hydrogen-bond acceptors (Lipinski definition) is 4. The van der Waals surface area contributed by atoms with E-state index in [4.69, 9.17) is 0 Å². The Labute approximate surface area is 122 Å². The highest BCUT2D eigenvalue weighted by molar-refractivity contribution is 5.59. The van der Waals surface area contributed by atoms with E-state index in [-0.39, 0.29) is 0 Å². The average molecular weight is 278 g/mol. The lowest BCUT2D eigenvalue weighted by molar-refractivity contribution is 0.564. The maximum absolute atomic E-state index is 10.4. The lowest BCUT2D eigenvalue weighted by Crippen LogP contribution is -1.91. The molecule has 2 aromatic carbocycles. The molecule has 21 heavy (non-hydrogen) atoms. The van der Waals surface area contributed by atoms with E-state index in [1.54, 1.807) is 18.2 Å². The van der Waals surface area contributed by atoms with Crippen molar-refractivity contribution in [3.8, 4) is 0 Å². The Morgan fingerprint density at radius 2 is 1.43 bits per heavy atom. The Kier molecular flexibility index (Phi) is 4.57. The van der Waals surface area contributed by atoms with Crippen LogP contribution in [0.3, 0.4) is 0 Å². The first kappa shape index (κ1) is 14.6. The summed E-state index contributed by atoms with van der Waals surface area (Å²) in [7, 11) is 0. The van der Waals surface area contributed by atoms with Crippen LogP contribution in [0.15, 0.2) is 46.4 Å². The van der Waals surface area contributed by atoms with Gasteiger partial charge in [0.25, 0.3) is 0 Å². The molecule has 4 heteroatoms. The van der Waals surface area contributed by atoms with Gasteiger partial charge in [-0.25, -0.2) is 9.59 Å². The fraction of sp³-hybridized carbons (Fsp3) is 0.176. The van der Waals surface area contributed by atoms with Crippen LogP contribution >= 0.6 is 0 Å². The summed E-state index contributed by atoms with van der Waals surface area (Å²) in [5, 5.41) is 0. The van der Waals surface area contributed by atoms with E-state index < -0.39 is 0 Å². The molecule has 0 N–H and O–H groups in total. The van der Waals surface area contributed by atoms with Crippen LogP contribution in [0, 0.1) is 13.8 Å². The first-order chi connectivity index (χ1) is 10.1. The number of aliphatic imine (C=N–C) groups is 2. The lowest BCUT2D eigenvalue weighted by atomic mass is 9.99. The van der Waals surface area contributed by atoms with Crippen LogP contribution in [0.1, 0.15) is 22.3 Å². The minimum Gasteiger partial charge on any atom is -0.211 e. The van der Waals surface area contributed by atoms with Crippen LogP contribution in [0.5, 0.6) is 0 Å². The summed E-state index contributed by atoms with van der Waals surface area (Å²) in [4.78, 5) is 27.9. The fourth-order valence-electron chi connectivity index (χ4n) is 2.35. The molecular formula is C17H14N2O2. The molecule has 0 heterocycles. The van der Waals surface area contributed by atoms with Gasteiger partial charge in [0.05, 0.1) is 11.4 Å². The molecule has 0 bridgehead atoms. The summed E-state index contributed by atoms with van der Waals surface area (Å²) in [6.45, 7) is 3.85. The maximum Gasteiger partial charge on any atom is 0.240 e. The first-order valence-electron chi connectivity index (χ1n) is 6.49. The van der Waals surface area contributed by atoms with Crippen LogP contribution in [0.2, 0.25) is 0 Å². The van der Waals surface area contributed by atoms with Gasteiger partial charge in [-0.3, -0.25) is 0 Å². The van der Waals surface area contributed by atoms with Gasteiger partial charge in [-0.2, -0.15) is 9.98 Å². The van der Waals surface area contributed by atoms with Crippen molar-refractivity contribution in [1.82, 2.24) is 0 Å². The molecule has 4 nitrogen and oxygen atoms in total. The zero-order valence-corrected chi connectivity index (χ0v) is 11.9. The van der Waals surface area contributed by atoms with Crippen molar-refractivity contribution in [3.05, 3.63) is 58.7 Å². The summed E-state index contributed by atoms with van der Waals surface area (Å²) in [6, 6.07) is 11.5. The first-order valence-corrected chi connectivity index (χ1v) is 6.49. The Hall–Kier alpha value is -2.80. The number of rotatable bonds is 4.